The van der Waals surface area contributed by atoms with Crippen LogP contribution in [-0.4, -0.2) is 22.2 Å². The summed E-state index contributed by atoms with van der Waals surface area (Å²) in [7, 11) is 1.81. The van der Waals surface area contributed by atoms with Crippen LogP contribution in [0.2, 0.25) is 5.02 Å². The molecule has 0 aliphatic rings. The molecule has 1 amide bonds. The second-order valence-electron chi connectivity index (χ2n) is 8.17. The van der Waals surface area contributed by atoms with Crippen LogP contribution < -0.4 is 10.7 Å². The summed E-state index contributed by atoms with van der Waals surface area (Å²) in [5, 5.41) is 14.2. The van der Waals surface area contributed by atoms with E-state index in [1.54, 1.807) is 36.0 Å². The zero-order chi connectivity index (χ0) is 24.2. The number of nitrogens with zero attached hydrogens (tertiary/aromatic N) is 1. The molecule has 0 radical (unpaired) electrons. The molecule has 0 spiro atoms. The van der Waals surface area contributed by atoms with Crippen molar-refractivity contribution in [1.29, 1.82) is 0 Å². The van der Waals surface area contributed by atoms with Gasteiger partial charge in [-0.15, -0.1) is 11.3 Å². The molecule has 2 heterocycles. The van der Waals surface area contributed by atoms with E-state index in [0.29, 0.717) is 17.0 Å². The van der Waals surface area contributed by atoms with Crippen molar-refractivity contribution in [3.8, 4) is 0 Å². The highest BCUT2D eigenvalue weighted by atomic mass is 35.5. The van der Waals surface area contributed by atoms with Crippen LogP contribution >= 0.6 is 22.9 Å². The fraction of sp³-hybridized carbons (Fsp3) is 0.231. The monoisotopic (exact) mass is 496 g/mol. The number of amides is 1. The minimum Gasteiger partial charge on any atom is -0.386 e. The van der Waals surface area contributed by atoms with E-state index in [0.717, 1.165) is 26.4 Å². The lowest BCUT2D eigenvalue weighted by Gasteiger charge is -2.11. The molecule has 0 bridgehead atoms. The summed E-state index contributed by atoms with van der Waals surface area (Å²) in [4.78, 5) is 27.3. The third kappa shape index (κ3) is 5.56. The maximum Gasteiger partial charge on any atom is 0.257 e. The summed E-state index contributed by atoms with van der Waals surface area (Å²) in [6.07, 6.45) is 0.835. The maximum absolute atomic E-state index is 13.0. The zero-order valence-electron chi connectivity index (χ0n) is 18.9. The van der Waals surface area contributed by atoms with Crippen molar-refractivity contribution in [1.82, 2.24) is 9.88 Å². The SMILES string of the molecule is Cc1ccc([C@@H](O)COCc2cc3c(=O)c(C(=O)NCc4ccc(Cl)cc4)cn(C)c3s2)cc1. The smallest absolute Gasteiger partial charge is 0.257 e. The summed E-state index contributed by atoms with van der Waals surface area (Å²) >= 11 is 7.33. The van der Waals surface area contributed by atoms with Gasteiger partial charge in [-0.2, -0.15) is 0 Å². The minimum atomic E-state index is -0.725. The number of aryl methyl sites for hydroxylation is 2. The first-order valence-corrected chi connectivity index (χ1v) is 12.0. The first-order chi connectivity index (χ1) is 16.3. The van der Waals surface area contributed by atoms with Crippen LogP contribution in [0.4, 0.5) is 0 Å². The Morgan fingerprint density at radius 1 is 1.18 bits per heavy atom. The number of aliphatic hydroxyl groups is 1. The van der Waals surface area contributed by atoms with Crippen molar-refractivity contribution in [2.75, 3.05) is 6.61 Å². The molecule has 0 fully saturated rings. The van der Waals surface area contributed by atoms with E-state index in [2.05, 4.69) is 5.32 Å². The second kappa shape index (κ2) is 10.5. The van der Waals surface area contributed by atoms with Gasteiger partial charge < -0.3 is 19.7 Å². The highest BCUT2D eigenvalue weighted by Gasteiger charge is 2.17. The topological polar surface area (TPSA) is 80.6 Å². The van der Waals surface area contributed by atoms with Crippen molar-refractivity contribution in [2.24, 2.45) is 7.05 Å². The Kier molecular flexibility index (Phi) is 7.48. The average Bonchev–Trinajstić information content (AvgIpc) is 3.26. The molecule has 2 aromatic carbocycles. The molecular weight excluding hydrogens is 472 g/mol. The van der Waals surface area contributed by atoms with Crippen LogP contribution in [0.5, 0.6) is 0 Å². The van der Waals surface area contributed by atoms with Gasteiger partial charge in [-0.1, -0.05) is 53.6 Å². The molecule has 176 valence electrons. The molecule has 6 nitrogen and oxygen atoms in total. The summed E-state index contributed by atoms with van der Waals surface area (Å²) in [5.41, 5.74) is 2.58. The molecule has 4 rings (SSSR count). The van der Waals surface area contributed by atoms with Gasteiger partial charge in [0.05, 0.1) is 18.6 Å². The van der Waals surface area contributed by atoms with Gasteiger partial charge in [-0.05, 0) is 36.2 Å². The second-order valence-corrected chi connectivity index (χ2v) is 9.72. The Hall–Kier alpha value is -2.97. The first-order valence-electron chi connectivity index (χ1n) is 10.8. The molecule has 2 N–H and O–H groups in total. The lowest BCUT2D eigenvalue weighted by Crippen LogP contribution is -2.29. The quantitative estimate of drug-likeness (QED) is 0.369. The van der Waals surface area contributed by atoms with Gasteiger partial charge in [0.2, 0.25) is 5.43 Å². The number of pyridine rings is 1. The molecule has 0 saturated carbocycles. The normalized spacial score (nSPS) is 12.1. The molecule has 4 aromatic rings. The van der Waals surface area contributed by atoms with Gasteiger partial charge in [0.1, 0.15) is 16.5 Å². The van der Waals surface area contributed by atoms with Crippen LogP contribution in [0.1, 0.15) is 38.0 Å². The first kappa shape index (κ1) is 24.2. The third-order valence-electron chi connectivity index (χ3n) is 5.49. The average molecular weight is 497 g/mol. The van der Waals surface area contributed by atoms with E-state index in [9.17, 15) is 14.7 Å². The number of fused-ring (bicyclic) bond motifs is 1. The number of hydrogen-bond donors (Lipinski definition) is 2. The van der Waals surface area contributed by atoms with Gasteiger partial charge in [0, 0.05) is 29.7 Å². The molecule has 34 heavy (non-hydrogen) atoms. The number of nitrogens with one attached hydrogen (secondary N) is 1. The van der Waals surface area contributed by atoms with Crippen LogP contribution in [0, 0.1) is 6.92 Å². The van der Waals surface area contributed by atoms with Crippen molar-refractivity contribution in [2.45, 2.75) is 26.2 Å². The summed E-state index contributed by atoms with van der Waals surface area (Å²) in [6, 6.07) is 16.6. The number of carbonyl (C=O) groups is 1. The Morgan fingerprint density at radius 3 is 2.59 bits per heavy atom. The molecule has 2 aromatic heterocycles. The van der Waals surface area contributed by atoms with Crippen LogP contribution in [-0.2, 0) is 24.9 Å². The number of carbonyl (C=O) groups excluding carboxylic acids is 1. The summed E-state index contributed by atoms with van der Waals surface area (Å²) < 4.78 is 7.49. The predicted molar refractivity (Wildman–Crippen MR) is 135 cm³/mol. The fourth-order valence-corrected chi connectivity index (χ4v) is 4.73. The number of thiophene rings is 1. The standard InChI is InChI=1S/C26H25ClN2O4S/c1-16-3-7-18(8-4-16)23(30)15-33-14-20-11-21-24(31)22(13-29(2)26(21)34-20)25(32)28-12-17-5-9-19(27)10-6-17/h3-11,13,23,30H,12,14-15H2,1-2H3,(H,28,32)/t23-/m0/s1. The highest BCUT2D eigenvalue weighted by Crippen LogP contribution is 2.25. The van der Waals surface area contributed by atoms with Crippen molar-refractivity contribution >= 4 is 39.1 Å². The van der Waals surface area contributed by atoms with Gasteiger partial charge in [0.25, 0.3) is 5.91 Å². The van der Waals surface area contributed by atoms with Gasteiger partial charge in [0.15, 0.2) is 0 Å². The van der Waals surface area contributed by atoms with Crippen LogP contribution in [0.15, 0.2) is 65.6 Å². The molecular formula is C26H25ClN2O4S. The van der Waals surface area contributed by atoms with Crippen molar-refractivity contribution in [3.05, 3.63) is 103 Å². The Balaban J connectivity index is 1.43. The van der Waals surface area contributed by atoms with E-state index in [-0.39, 0.29) is 24.2 Å². The molecule has 0 aliphatic carbocycles. The third-order valence-corrected chi connectivity index (χ3v) is 6.94. The van der Waals surface area contributed by atoms with Crippen molar-refractivity contribution < 1.29 is 14.6 Å². The molecule has 0 saturated heterocycles. The fourth-order valence-electron chi connectivity index (χ4n) is 3.58. The largest absolute Gasteiger partial charge is 0.386 e. The Morgan fingerprint density at radius 2 is 1.88 bits per heavy atom. The van der Waals surface area contributed by atoms with Gasteiger partial charge >= 0.3 is 0 Å². The van der Waals surface area contributed by atoms with Crippen LogP contribution in [0.25, 0.3) is 10.2 Å². The highest BCUT2D eigenvalue weighted by molar-refractivity contribution is 7.18. The summed E-state index contributed by atoms with van der Waals surface area (Å²) in [5.74, 6) is -0.428. The zero-order valence-corrected chi connectivity index (χ0v) is 20.4. The number of benzene rings is 2. The van der Waals surface area contributed by atoms with E-state index in [1.807, 2.05) is 43.3 Å². The molecule has 8 heteroatoms. The van der Waals surface area contributed by atoms with E-state index in [1.165, 1.54) is 11.3 Å². The number of aliphatic hydroxyl groups excluding tert-OH is 1. The lowest BCUT2D eigenvalue weighted by atomic mass is 10.1. The Bertz CT molecular complexity index is 1360. The summed E-state index contributed by atoms with van der Waals surface area (Å²) in [6.45, 7) is 2.70. The molecule has 0 unspecified atom stereocenters. The van der Waals surface area contributed by atoms with E-state index >= 15 is 0 Å². The number of ether oxygens (including phenoxy) is 1. The minimum absolute atomic E-state index is 0.0871. The number of halogens is 1. The molecule has 1 atom stereocenters. The maximum atomic E-state index is 13.0. The van der Waals surface area contributed by atoms with E-state index in [4.69, 9.17) is 16.3 Å². The Labute approximate surface area is 206 Å². The van der Waals surface area contributed by atoms with Crippen LogP contribution in [0.3, 0.4) is 0 Å². The lowest BCUT2D eigenvalue weighted by molar-refractivity contribution is 0.0287. The predicted octanol–water partition coefficient (Wildman–Crippen LogP) is 4.74. The van der Waals surface area contributed by atoms with Gasteiger partial charge in [-0.25, -0.2) is 0 Å². The van der Waals surface area contributed by atoms with Crippen molar-refractivity contribution in [3.63, 3.8) is 0 Å². The van der Waals surface area contributed by atoms with E-state index < -0.39 is 12.0 Å². The van der Waals surface area contributed by atoms with Gasteiger partial charge in [-0.3, -0.25) is 9.59 Å². The number of rotatable bonds is 8. The number of hydrogen-bond acceptors (Lipinski definition) is 5. The number of aromatic nitrogens is 1. The molecule has 0 aliphatic heterocycles.